The molecule has 0 radical (unpaired) electrons. The van der Waals surface area contributed by atoms with Crippen molar-refractivity contribution in [2.75, 3.05) is 6.54 Å². The Morgan fingerprint density at radius 3 is 3.10 bits per heavy atom. The van der Waals surface area contributed by atoms with Crippen LogP contribution in [-0.4, -0.2) is 16.7 Å². The Morgan fingerprint density at radius 2 is 2.24 bits per heavy atom. The Kier molecular flexibility index (Phi) is 3.37. The molecule has 0 amide bonds. The number of hydrogen-bond acceptors (Lipinski definition) is 5. The second-order valence-corrected chi connectivity index (χ2v) is 6.75. The van der Waals surface area contributed by atoms with Gasteiger partial charge in [0.25, 0.3) is 0 Å². The second-order valence-electron chi connectivity index (χ2n) is 4.92. The fourth-order valence-corrected chi connectivity index (χ4v) is 3.96. The third-order valence-electron chi connectivity index (χ3n) is 3.59. The molecule has 1 unspecified atom stereocenters. The van der Waals surface area contributed by atoms with Gasteiger partial charge in [0.05, 0.1) is 4.88 Å². The van der Waals surface area contributed by atoms with E-state index in [1.807, 2.05) is 17.5 Å². The lowest BCUT2D eigenvalue weighted by Crippen LogP contribution is -2.30. The quantitative estimate of drug-likeness (QED) is 0.754. The average Bonchev–Trinajstić information content (AvgIpc) is 3.15. The Bertz CT molecular complexity index is 783. The van der Waals surface area contributed by atoms with Crippen LogP contribution in [0.3, 0.4) is 0 Å². The van der Waals surface area contributed by atoms with Gasteiger partial charge in [0.15, 0.2) is 0 Å². The molecule has 0 saturated carbocycles. The number of hydrogen-bond donors (Lipinski definition) is 1. The lowest BCUT2D eigenvalue weighted by molar-refractivity contribution is 0.344. The average molecular weight is 362 g/mol. The summed E-state index contributed by atoms with van der Waals surface area (Å²) in [5.41, 5.74) is 2.58. The van der Waals surface area contributed by atoms with Gasteiger partial charge in [0.1, 0.15) is 6.04 Å². The molecule has 1 aliphatic heterocycles. The summed E-state index contributed by atoms with van der Waals surface area (Å²) in [4.78, 5) is 5.57. The highest BCUT2D eigenvalue weighted by Crippen LogP contribution is 2.31. The molecule has 4 rings (SSSR count). The first-order chi connectivity index (χ1) is 10.3. The van der Waals surface area contributed by atoms with Crippen molar-refractivity contribution in [2.24, 2.45) is 0 Å². The number of fused-ring (bicyclic) bond motifs is 1. The van der Waals surface area contributed by atoms with Gasteiger partial charge in [0, 0.05) is 16.4 Å². The molecule has 1 aliphatic rings. The Balaban J connectivity index is 1.71. The number of thiophene rings is 1. The van der Waals surface area contributed by atoms with Crippen molar-refractivity contribution in [3.05, 3.63) is 57.2 Å². The van der Waals surface area contributed by atoms with Gasteiger partial charge in [-0.15, -0.1) is 11.3 Å². The summed E-state index contributed by atoms with van der Waals surface area (Å²) in [7, 11) is 0. The lowest BCUT2D eigenvalue weighted by Gasteiger charge is -2.23. The molecule has 4 nitrogen and oxygen atoms in total. The minimum Gasteiger partial charge on any atom is -0.337 e. The van der Waals surface area contributed by atoms with Crippen LogP contribution in [0.25, 0.3) is 10.7 Å². The summed E-state index contributed by atoms with van der Waals surface area (Å²) in [6.07, 6.45) is 1.03. The summed E-state index contributed by atoms with van der Waals surface area (Å²) in [5.74, 6) is 1.27. The molecule has 1 aromatic carbocycles. The zero-order valence-corrected chi connectivity index (χ0v) is 13.4. The predicted octanol–water partition coefficient (Wildman–Crippen LogP) is 3.80. The van der Waals surface area contributed by atoms with Crippen LogP contribution in [0.2, 0.25) is 0 Å². The molecule has 21 heavy (non-hydrogen) atoms. The van der Waals surface area contributed by atoms with Crippen LogP contribution in [0.4, 0.5) is 0 Å². The van der Waals surface area contributed by atoms with E-state index < -0.39 is 0 Å². The van der Waals surface area contributed by atoms with Crippen LogP contribution < -0.4 is 5.32 Å². The number of nitrogens with zero attached hydrogens (tertiary/aromatic N) is 2. The lowest BCUT2D eigenvalue weighted by atomic mass is 9.94. The van der Waals surface area contributed by atoms with E-state index in [-0.39, 0.29) is 6.04 Å². The fourth-order valence-electron chi connectivity index (χ4n) is 2.61. The van der Waals surface area contributed by atoms with Crippen molar-refractivity contribution in [2.45, 2.75) is 12.5 Å². The molecule has 0 aliphatic carbocycles. The van der Waals surface area contributed by atoms with Crippen LogP contribution in [0.5, 0.6) is 0 Å². The van der Waals surface area contributed by atoms with E-state index in [9.17, 15) is 0 Å². The smallest absolute Gasteiger partial charge is 0.248 e. The third-order valence-corrected chi connectivity index (χ3v) is 5.27. The van der Waals surface area contributed by atoms with Crippen molar-refractivity contribution < 1.29 is 4.52 Å². The van der Waals surface area contributed by atoms with E-state index in [1.165, 1.54) is 11.1 Å². The Morgan fingerprint density at radius 1 is 1.33 bits per heavy atom. The Hall–Kier alpha value is -1.50. The monoisotopic (exact) mass is 361 g/mol. The van der Waals surface area contributed by atoms with E-state index in [2.05, 4.69) is 49.6 Å². The van der Waals surface area contributed by atoms with Gasteiger partial charge >= 0.3 is 0 Å². The Labute approximate surface area is 134 Å². The molecule has 0 fully saturated rings. The highest BCUT2D eigenvalue weighted by molar-refractivity contribution is 9.10. The number of rotatable bonds is 2. The largest absolute Gasteiger partial charge is 0.337 e. The molecule has 2 aromatic heterocycles. The van der Waals surface area contributed by atoms with Crippen molar-refractivity contribution in [1.82, 2.24) is 15.5 Å². The first-order valence-corrected chi connectivity index (χ1v) is 8.38. The van der Waals surface area contributed by atoms with Crippen LogP contribution in [0.1, 0.15) is 23.1 Å². The maximum atomic E-state index is 5.49. The van der Waals surface area contributed by atoms with Gasteiger partial charge < -0.3 is 9.84 Å². The van der Waals surface area contributed by atoms with Crippen LogP contribution >= 0.6 is 27.3 Å². The highest BCUT2D eigenvalue weighted by atomic mass is 79.9. The molecule has 0 bridgehead atoms. The van der Waals surface area contributed by atoms with Crippen molar-refractivity contribution in [1.29, 1.82) is 0 Å². The van der Waals surface area contributed by atoms with E-state index in [4.69, 9.17) is 4.52 Å². The molecule has 1 atom stereocenters. The van der Waals surface area contributed by atoms with Gasteiger partial charge in [-0.1, -0.05) is 29.4 Å². The topological polar surface area (TPSA) is 51.0 Å². The molecule has 3 aromatic rings. The first kappa shape index (κ1) is 13.2. The number of aromatic nitrogens is 2. The van der Waals surface area contributed by atoms with Gasteiger partial charge in [-0.2, -0.15) is 4.98 Å². The fraction of sp³-hybridized carbons (Fsp3) is 0.200. The molecule has 0 spiro atoms. The molecule has 106 valence electrons. The summed E-state index contributed by atoms with van der Waals surface area (Å²) >= 11 is 5.04. The normalized spacial score (nSPS) is 17.7. The van der Waals surface area contributed by atoms with E-state index in [0.717, 1.165) is 22.3 Å². The van der Waals surface area contributed by atoms with E-state index in [0.29, 0.717) is 11.7 Å². The van der Waals surface area contributed by atoms with Gasteiger partial charge in [0.2, 0.25) is 11.7 Å². The number of benzene rings is 1. The van der Waals surface area contributed by atoms with Crippen LogP contribution in [-0.2, 0) is 6.42 Å². The van der Waals surface area contributed by atoms with E-state index >= 15 is 0 Å². The summed E-state index contributed by atoms with van der Waals surface area (Å²) in [6.45, 7) is 0.921. The predicted molar refractivity (Wildman–Crippen MR) is 85.3 cm³/mol. The molecule has 3 heterocycles. The summed E-state index contributed by atoms with van der Waals surface area (Å²) in [5, 5.41) is 9.58. The van der Waals surface area contributed by atoms with E-state index in [1.54, 1.807) is 11.3 Å². The first-order valence-electron chi connectivity index (χ1n) is 6.70. The summed E-state index contributed by atoms with van der Waals surface area (Å²) < 4.78 is 6.53. The van der Waals surface area contributed by atoms with Crippen LogP contribution in [0.15, 0.2) is 44.7 Å². The second kappa shape index (κ2) is 5.36. The van der Waals surface area contributed by atoms with Crippen molar-refractivity contribution >= 4 is 27.3 Å². The van der Waals surface area contributed by atoms with Gasteiger partial charge in [-0.05, 0) is 39.5 Å². The van der Waals surface area contributed by atoms with Crippen LogP contribution in [0, 0.1) is 0 Å². The molecular weight excluding hydrogens is 350 g/mol. The van der Waals surface area contributed by atoms with Gasteiger partial charge in [-0.3, -0.25) is 0 Å². The zero-order chi connectivity index (χ0) is 14.2. The van der Waals surface area contributed by atoms with Crippen molar-refractivity contribution in [3.8, 4) is 10.7 Å². The highest BCUT2D eigenvalue weighted by Gasteiger charge is 2.26. The molecule has 1 N–H and O–H groups in total. The SMILES string of the molecule is Brc1csc(-c2noc(C3NCCc4ccccc43)n2)c1. The van der Waals surface area contributed by atoms with Crippen molar-refractivity contribution in [3.63, 3.8) is 0 Å². The number of nitrogens with one attached hydrogen (secondary N) is 1. The number of halogens is 1. The third kappa shape index (κ3) is 2.43. The maximum Gasteiger partial charge on any atom is 0.248 e. The molecule has 6 heteroatoms. The standard InChI is InChI=1S/C15H12BrN3OS/c16-10-7-12(21-8-10)14-18-15(20-19-14)13-11-4-2-1-3-9(11)5-6-17-13/h1-4,7-8,13,17H,5-6H2. The summed E-state index contributed by atoms with van der Waals surface area (Å²) in [6, 6.07) is 10.4. The zero-order valence-electron chi connectivity index (χ0n) is 11.0. The molecular formula is C15H12BrN3OS. The van der Waals surface area contributed by atoms with Gasteiger partial charge in [-0.25, -0.2) is 0 Å². The minimum absolute atomic E-state index is 0.0143. The minimum atomic E-state index is -0.0143. The maximum absolute atomic E-state index is 5.49. The molecule has 0 saturated heterocycles.